The van der Waals surface area contributed by atoms with Gasteiger partial charge in [-0.25, -0.2) is 4.98 Å². The molecule has 0 saturated carbocycles. The van der Waals surface area contributed by atoms with Gasteiger partial charge in [0.15, 0.2) is 6.61 Å². The Bertz CT molecular complexity index is 1060. The van der Waals surface area contributed by atoms with Gasteiger partial charge in [0.25, 0.3) is 5.91 Å². The lowest BCUT2D eigenvalue weighted by Crippen LogP contribution is -2.39. The van der Waals surface area contributed by atoms with Gasteiger partial charge < -0.3 is 15.0 Å². The highest BCUT2D eigenvalue weighted by Crippen LogP contribution is 2.30. The van der Waals surface area contributed by atoms with Crippen molar-refractivity contribution >= 4 is 34.2 Å². The molecule has 0 bridgehead atoms. The van der Waals surface area contributed by atoms with Gasteiger partial charge in [-0.3, -0.25) is 4.79 Å². The van der Waals surface area contributed by atoms with Crippen LogP contribution in [-0.2, 0) is 11.3 Å². The van der Waals surface area contributed by atoms with Gasteiger partial charge in [0.05, 0.1) is 0 Å². The van der Waals surface area contributed by atoms with E-state index in [2.05, 4.69) is 29.3 Å². The number of para-hydroxylation sites is 1. The van der Waals surface area contributed by atoms with E-state index in [1.165, 1.54) is 19.3 Å². The van der Waals surface area contributed by atoms with Crippen molar-refractivity contribution in [2.75, 3.05) is 18.1 Å². The molecule has 0 radical (unpaired) electrons. The number of pyridine rings is 1. The van der Waals surface area contributed by atoms with Crippen LogP contribution in [0, 0.1) is 0 Å². The van der Waals surface area contributed by atoms with Gasteiger partial charge in [-0.15, -0.1) is 0 Å². The van der Waals surface area contributed by atoms with Crippen LogP contribution < -0.4 is 15.0 Å². The molecule has 1 aliphatic heterocycles. The Hall–Kier alpha value is -2.79. The topological polar surface area (TPSA) is 54.5 Å². The van der Waals surface area contributed by atoms with Gasteiger partial charge in [0.2, 0.25) is 0 Å². The maximum absolute atomic E-state index is 12.3. The number of carbonyl (C=O) groups is 1. The second kappa shape index (κ2) is 10.0. The highest BCUT2D eigenvalue weighted by molar-refractivity contribution is 6.31. The van der Waals surface area contributed by atoms with E-state index in [4.69, 9.17) is 21.3 Å². The van der Waals surface area contributed by atoms with Crippen LogP contribution in [0.2, 0.25) is 5.02 Å². The number of benzene rings is 2. The molecule has 6 heteroatoms. The van der Waals surface area contributed by atoms with E-state index in [1.807, 2.05) is 42.5 Å². The van der Waals surface area contributed by atoms with Crippen molar-refractivity contribution in [3.05, 3.63) is 65.2 Å². The fraction of sp³-hybridized carbons (Fsp3) is 0.360. The Morgan fingerprint density at radius 3 is 2.87 bits per heavy atom. The summed E-state index contributed by atoms with van der Waals surface area (Å²) in [5, 5.41) is 4.50. The van der Waals surface area contributed by atoms with E-state index < -0.39 is 0 Å². The molecule has 1 unspecified atom stereocenters. The standard InChI is InChI=1S/C25H28ClN3O2/c1-2-20-10-5-6-15-29(20)23-14-13-18-9-7-12-22(25(18)28-23)31-17-24(30)27-16-19-8-3-4-11-21(19)26/h3-4,7-9,11-14,20H,2,5-6,10,15-17H2,1H3,(H,27,30). The van der Waals surface area contributed by atoms with E-state index in [0.29, 0.717) is 23.4 Å². The lowest BCUT2D eigenvalue weighted by atomic mass is 10.00. The molecular weight excluding hydrogens is 410 g/mol. The first-order valence-corrected chi connectivity index (χ1v) is 11.3. The number of fused-ring (bicyclic) bond motifs is 1. The molecule has 162 valence electrons. The largest absolute Gasteiger partial charge is 0.481 e. The zero-order valence-electron chi connectivity index (χ0n) is 17.8. The summed E-state index contributed by atoms with van der Waals surface area (Å²) in [5.74, 6) is 1.41. The van der Waals surface area contributed by atoms with Gasteiger partial charge in [-0.2, -0.15) is 0 Å². The molecule has 2 heterocycles. The fourth-order valence-corrected chi connectivity index (χ4v) is 4.35. The predicted molar refractivity (Wildman–Crippen MR) is 126 cm³/mol. The third kappa shape index (κ3) is 5.10. The highest BCUT2D eigenvalue weighted by Gasteiger charge is 2.22. The third-order valence-electron chi connectivity index (χ3n) is 5.85. The van der Waals surface area contributed by atoms with Gasteiger partial charge in [0, 0.05) is 29.5 Å². The number of ether oxygens (including phenoxy) is 1. The maximum atomic E-state index is 12.3. The van der Waals surface area contributed by atoms with Crippen molar-refractivity contribution in [1.29, 1.82) is 0 Å². The van der Waals surface area contributed by atoms with Crippen LogP contribution in [0.25, 0.3) is 10.9 Å². The Kier molecular flexibility index (Phi) is 6.92. The SMILES string of the molecule is CCC1CCCCN1c1ccc2cccc(OCC(=O)NCc3ccccc3Cl)c2n1. The first-order valence-electron chi connectivity index (χ1n) is 10.9. The molecule has 4 rings (SSSR count). The first-order chi connectivity index (χ1) is 15.2. The summed E-state index contributed by atoms with van der Waals surface area (Å²) in [6, 6.07) is 18.0. The van der Waals surface area contributed by atoms with Crippen LogP contribution in [0.4, 0.5) is 5.82 Å². The van der Waals surface area contributed by atoms with Crippen molar-refractivity contribution in [2.24, 2.45) is 0 Å². The number of aromatic nitrogens is 1. The van der Waals surface area contributed by atoms with Crippen LogP contribution in [0.5, 0.6) is 5.75 Å². The van der Waals surface area contributed by atoms with Gasteiger partial charge in [0.1, 0.15) is 17.1 Å². The molecule has 1 atom stereocenters. The average Bonchev–Trinajstić information content (AvgIpc) is 2.81. The zero-order chi connectivity index (χ0) is 21.6. The van der Waals surface area contributed by atoms with Gasteiger partial charge in [-0.05, 0) is 55.5 Å². The summed E-state index contributed by atoms with van der Waals surface area (Å²) in [7, 11) is 0. The lowest BCUT2D eigenvalue weighted by molar-refractivity contribution is -0.123. The smallest absolute Gasteiger partial charge is 0.258 e. The summed E-state index contributed by atoms with van der Waals surface area (Å²) >= 11 is 6.15. The van der Waals surface area contributed by atoms with Crippen LogP contribution >= 0.6 is 11.6 Å². The number of nitrogens with zero attached hydrogens (tertiary/aromatic N) is 2. The van der Waals surface area contributed by atoms with E-state index in [9.17, 15) is 4.79 Å². The van der Waals surface area contributed by atoms with E-state index >= 15 is 0 Å². The number of hydrogen-bond acceptors (Lipinski definition) is 4. The molecule has 3 aromatic rings. The van der Waals surface area contributed by atoms with Crippen LogP contribution in [0.15, 0.2) is 54.6 Å². The Balaban J connectivity index is 1.46. The molecule has 1 amide bonds. The Labute approximate surface area is 188 Å². The highest BCUT2D eigenvalue weighted by atomic mass is 35.5. The number of piperidine rings is 1. The van der Waals surface area contributed by atoms with Crippen LogP contribution in [0.1, 0.15) is 38.2 Å². The minimum atomic E-state index is -0.199. The van der Waals surface area contributed by atoms with E-state index in [-0.39, 0.29) is 12.5 Å². The quantitative estimate of drug-likeness (QED) is 0.541. The van der Waals surface area contributed by atoms with Crippen molar-refractivity contribution < 1.29 is 9.53 Å². The van der Waals surface area contributed by atoms with Crippen LogP contribution in [-0.4, -0.2) is 30.1 Å². The van der Waals surface area contributed by atoms with Crippen molar-refractivity contribution in [2.45, 2.75) is 45.2 Å². The second-order valence-corrected chi connectivity index (χ2v) is 8.31. The van der Waals surface area contributed by atoms with Crippen molar-refractivity contribution in [3.8, 4) is 5.75 Å². The Morgan fingerprint density at radius 2 is 2.03 bits per heavy atom. The summed E-state index contributed by atoms with van der Waals surface area (Å²) < 4.78 is 5.87. The number of rotatable bonds is 7. The number of amides is 1. The molecule has 5 nitrogen and oxygen atoms in total. The number of halogens is 1. The summed E-state index contributed by atoms with van der Waals surface area (Å²) in [6.07, 6.45) is 4.80. The number of nitrogens with one attached hydrogen (secondary N) is 1. The fourth-order valence-electron chi connectivity index (χ4n) is 4.14. The van der Waals surface area contributed by atoms with Gasteiger partial charge in [-0.1, -0.05) is 48.9 Å². The summed E-state index contributed by atoms with van der Waals surface area (Å²) in [6.45, 7) is 3.56. The maximum Gasteiger partial charge on any atom is 0.258 e. The molecule has 0 spiro atoms. The first kappa shape index (κ1) is 21.4. The molecule has 1 saturated heterocycles. The minimum absolute atomic E-state index is 0.0726. The van der Waals surface area contributed by atoms with Crippen molar-refractivity contribution in [1.82, 2.24) is 10.3 Å². The third-order valence-corrected chi connectivity index (χ3v) is 6.22. The molecule has 1 aliphatic rings. The normalized spacial score (nSPS) is 16.3. The number of carbonyl (C=O) groups excluding carboxylic acids is 1. The average molecular weight is 438 g/mol. The number of hydrogen-bond donors (Lipinski definition) is 1. The van der Waals surface area contributed by atoms with E-state index in [0.717, 1.165) is 35.2 Å². The lowest BCUT2D eigenvalue weighted by Gasteiger charge is -2.36. The monoisotopic (exact) mass is 437 g/mol. The zero-order valence-corrected chi connectivity index (χ0v) is 18.6. The predicted octanol–water partition coefficient (Wildman–Crippen LogP) is 5.35. The molecule has 1 fully saturated rings. The molecule has 31 heavy (non-hydrogen) atoms. The minimum Gasteiger partial charge on any atom is -0.481 e. The molecular formula is C25H28ClN3O2. The molecule has 1 N–H and O–H groups in total. The number of anilines is 1. The Morgan fingerprint density at radius 1 is 1.16 bits per heavy atom. The molecule has 1 aromatic heterocycles. The van der Waals surface area contributed by atoms with Crippen molar-refractivity contribution in [3.63, 3.8) is 0 Å². The summed E-state index contributed by atoms with van der Waals surface area (Å²) in [5.41, 5.74) is 1.67. The van der Waals surface area contributed by atoms with Crippen LogP contribution in [0.3, 0.4) is 0 Å². The summed E-state index contributed by atoms with van der Waals surface area (Å²) in [4.78, 5) is 19.7. The molecule has 0 aliphatic carbocycles. The second-order valence-electron chi connectivity index (χ2n) is 7.91. The van der Waals surface area contributed by atoms with Gasteiger partial charge >= 0.3 is 0 Å². The molecule has 2 aromatic carbocycles. The van der Waals surface area contributed by atoms with E-state index in [1.54, 1.807) is 0 Å².